The van der Waals surface area contributed by atoms with E-state index >= 15 is 0 Å². The van der Waals surface area contributed by atoms with Gasteiger partial charge in [0, 0.05) is 19.0 Å². The number of unbranched alkanes of at least 4 members (excludes halogenated alkanes) is 1. The van der Waals surface area contributed by atoms with Crippen LogP contribution in [0, 0.1) is 0 Å². The number of methoxy groups -OCH3 is 1. The van der Waals surface area contributed by atoms with E-state index in [4.69, 9.17) is 14.5 Å². The van der Waals surface area contributed by atoms with E-state index in [1.54, 1.807) is 7.11 Å². The molecule has 0 atom stereocenters. The fourth-order valence-electron chi connectivity index (χ4n) is 4.29. The second kappa shape index (κ2) is 10.5. The molecule has 160 valence electrons. The third-order valence-corrected chi connectivity index (χ3v) is 5.89. The highest BCUT2D eigenvalue weighted by molar-refractivity contribution is 5.75. The van der Waals surface area contributed by atoms with E-state index in [-0.39, 0.29) is 0 Å². The number of hydrogen-bond donors (Lipinski definition) is 0. The van der Waals surface area contributed by atoms with E-state index in [0.717, 1.165) is 42.8 Å². The van der Waals surface area contributed by atoms with E-state index in [2.05, 4.69) is 33.7 Å². The van der Waals surface area contributed by atoms with Crippen LogP contribution in [0.3, 0.4) is 0 Å². The fraction of sp³-hybridized carbons (Fsp3) is 0.480. The Labute approximate surface area is 179 Å². The van der Waals surface area contributed by atoms with Crippen LogP contribution in [-0.4, -0.2) is 47.8 Å². The molecule has 0 amide bonds. The molecule has 30 heavy (non-hydrogen) atoms. The first kappa shape index (κ1) is 20.7. The lowest BCUT2D eigenvalue weighted by molar-refractivity contribution is 0.300. The minimum Gasteiger partial charge on any atom is -0.497 e. The minimum absolute atomic E-state index is 0.712. The monoisotopic (exact) mass is 407 g/mol. The van der Waals surface area contributed by atoms with Crippen LogP contribution < -0.4 is 9.47 Å². The van der Waals surface area contributed by atoms with Crippen molar-refractivity contribution in [3.05, 3.63) is 54.4 Å². The maximum absolute atomic E-state index is 5.90. The van der Waals surface area contributed by atoms with E-state index in [1.807, 2.05) is 24.3 Å². The summed E-state index contributed by atoms with van der Waals surface area (Å²) in [6, 6.07) is 16.3. The summed E-state index contributed by atoms with van der Waals surface area (Å²) in [5.41, 5.74) is 2.36. The lowest BCUT2D eigenvalue weighted by Crippen LogP contribution is -2.21. The van der Waals surface area contributed by atoms with Gasteiger partial charge in [0.25, 0.3) is 0 Å². The van der Waals surface area contributed by atoms with Crippen molar-refractivity contribution < 1.29 is 9.47 Å². The Bertz CT molecular complexity index is 931. The number of nitrogens with zero attached hydrogens (tertiary/aromatic N) is 3. The Morgan fingerprint density at radius 3 is 2.60 bits per heavy atom. The summed E-state index contributed by atoms with van der Waals surface area (Å²) < 4.78 is 13.6. The Balaban J connectivity index is 1.30. The summed E-state index contributed by atoms with van der Waals surface area (Å²) in [5, 5.41) is 0. The molecular weight excluding hydrogens is 374 g/mol. The highest BCUT2D eigenvalue weighted by Crippen LogP contribution is 2.20. The smallest absolute Gasteiger partial charge is 0.122 e. The van der Waals surface area contributed by atoms with Gasteiger partial charge in [-0.05, 0) is 76.0 Å². The normalized spacial score (nSPS) is 14.4. The number of benzene rings is 2. The molecule has 5 heteroatoms. The van der Waals surface area contributed by atoms with Crippen molar-refractivity contribution in [3.63, 3.8) is 0 Å². The molecule has 0 spiro atoms. The van der Waals surface area contributed by atoms with Crippen molar-refractivity contribution in [2.45, 2.75) is 45.1 Å². The lowest BCUT2D eigenvalue weighted by Gasteiger charge is -2.14. The van der Waals surface area contributed by atoms with Gasteiger partial charge in [-0.1, -0.05) is 18.2 Å². The molecule has 5 nitrogen and oxygen atoms in total. The van der Waals surface area contributed by atoms with Gasteiger partial charge in [-0.2, -0.15) is 0 Å². The highest BCUT2D eigenvalue weighted by atomic mass is 16.5. The largest absolute Gasteiger partial charge is 0.497 e. The first-order chi connectivity index (χ1) is 14.8. The van der Waals surface area contributed by atoms with Crippen LogP contribution >= 0.6 is 0 Å². The van der Waals surface area contributed by atoms with E-state index < -0.39 is 0 Å². The Kier molecular flexibility index (Phi) is 7.25. The van der Waals surface area contributed by atoms with Gasteiger partial charge >= 0.3 is 0 Å². The summed E-state index contributed by atoms with van der Waals surface area (Å²) >= 11 is 0. The topological polar surface area (TPSA) is 39.5 Å². The maximum Gasteiger partial charge on any atom is 0.122 e. The van der Waals surface area contributed by atoms with E-state index in [1.165, 1.54) is 50.2 Å². The molecule has 1 saturated heterocycles. The predicted molar refractivity (Wildman–Crippen MR) is 121 cm³/mol. The van der Waals surface area contributed by atoms with Gasteiger partial charge in [-0.25, -0.2) is 4.98 Å². The van der Waals surface area contributed by atoms with Crippen molar-refractivity contribution in [2.75, 3.05) is 33.4 Å². The standard InChI is InChI=1S/C25H33N3O2/c1-29-21-10-8-11-22(20-21)30-19-7-6-18-28-24-13-3-2-12-23(24)26-25(28)14-9-17-27-15-4-5-16-27/h2-3,8,10-13,20H,4-7,9,14-19H2,1H3. The van der Waals surface area contributed by atoms with Crippen LogP contribution in [0.5, 0.6) is 11.5 Å². The molecule has 1 aliphatic heterocycles. The highest BCUT2D eigenvalue weighted by Gasteiger charge is 2.13. The first-order valence-electron chi connectivity index (χ1n) is 11.3. The molecule has 1 fully saturated rings. The van der Waals surface area contributed by atoms with Crippen LogP contribution in [0.2, 0.25) is 0 Å². The second-order valence-corrected chi connectivity index (χ2v) is 8.06. The van der Waals surface area contributed by atoms with E-state index in [0.29, 0.717) is 6.61 Å². The van der Waals surface area contributed by atoms with Gasteiger partial charge in [0.05, 0.1) is 24.8 Å². The lowest BCUT2D eigenvalue weighted by atomic mass is 10.2. The van der Waals surface area contributed by atoms with Crippen LogP contribution in [0.4, 0.5) is 0 Å². The molecule has 0 N–H and O–H groups in total. The van der Waals surface area contributed by atoms with Crippen LogP contribution in [0.25, 0.3) is 11.0 Å². The Morgan fingerprint density at radius 1 is 0.900 bits per heavy atom. The fourth-order valence-corrected chi connectivity index (χ4v) is 4.29. The number of aromatic nitrogens is 2. The van der Waals surface area contributed by atoms with Gasteiger partial charge < -0.3 is 18.9 Å². The molecule has 0 saturated carbocycles. The molecule has 3 aromatic rings. The number of hydrogen-bond acceptors (Lipinski definition) is 4. The van der Waals surface area contributed by atoms with Gasteiger partial charge in [0.2, 0.25) is 0 Å². The molecule has 0 bridgehead atoms. The number of rotatable bonds is 11. The SMILES string of the molecule is COc1cccc(OCCCCn2c(CCCN3CCCC3)nc3ccccc32)c1. The average molecular weight is 408 g/mol. The Morgan fingerprint density at radius 2 is 1.73 bits per heavy atom. The van der Waals surface area contributed by atoms with Crippen molar-refractivity contribution in [3.8, 4) is 11.5 Å². The molecule has 0 unspecified atom stereocenters. The average Bonchev–Trinajstić information content (AvgIpc) is 3.42. The van der Waals surface area contributed by atoms with E-state index in [9.17, 15) is 0 Å². The van der Waals surface area contributed by atoms with Crippen molar-refractivity contribution in [1.29, 1.82) is 0 Å². The number of aryl methyl sites for hydroxylation is 2. The van der Waals surface area contributed by atoms with Crippen molar-refractivity contribution in [2.24, 2.45) is 0 Å². The number of likely N-dealkylation sites (tertiary alicyclic amines) is 1. The Hall–Kier alpha value is -2.53. The van der Waals surface area contributed by atoms with Crippen molar-refractivity contribution >= 4 is 11.0 Å². The molecule has 2 aromatic carbocycles. The first-order valence-corrected chi connectivity index (χ1v) is 11.3. The van der Waals surface area contributed by atoms with Crippen LogP contribution in [-0.2, 0) is 13.0 Å². The number of para-hydroxylation sites is 2. The summed E-state index contributed by atoms with van der Waals surface area (Å²) in [6.07, 6.45) is 7.03. The van der Waals surface area contributed by atoms with Gasteiger partial charge in [0.1, 0.15) is 17.3 Å². The zero-order chi connectivity index (χ0) is 20.6. The molecule has 4 rings (SSSR count). The summed E-state index contributed by atoms with van der Waals surface area (Å²) in [6.45, 7) is 5.43. The molecule has 2 heterocycles. The number of imidazole rings is 1. The molecule has 0 aliphatic carbocycles. The quantitative estimate of drug-likeness (QED) is 0.423. The van der Waals surface area contributed by atoms with Crippen molar-refractivity contribution in [1.82, 2.24) is 14.5 Å². The van der Waals surface area contributed by atoms with Gasteiger partial charge in [-0.15, -0.1) is 0 Å². The third kappa shape index (κ3) is 5.33. The summed E-state index contributed by atoms with van der Waals surface area (Å²) in [4.78, 5) is 7.53. The second-order valence-electron chi connectivity index (χ2n) is 8.06. The molecule has 1 aromatic heterocycles. The molecule has 1 aliphatic rings. The zero-order valence-corrected chi connectivity index (χ0v) is 18.1. The van der Waals surface area contributed by atoms with Crippen LogP contribution in [0.15, 0.2) is 48.5 Å². The third-order valence-electron chi connectivity index (χ3n) is 5.89. The maximum atomic E-state index is 5.90. The molecule has 0 radical (unpaired) electrons. The van der Waals surface area contributed by atoms with Crippen LogP contribution in [0.1, 0.15) is 37.9 Å². The zero-order valence-electron chi connectivity index (χ0n) is 18.1. The minimum atomic E-state index is 0.712. The number of fused-ring (bicyclic) bond motifs is 1. The summed E-state index contributed by atoms with van der Waals surface area (Å²) in [7, 11) is 1.68. The van der Waals surface area contributed by atoms with Gasteiger partial charge in [-0.3, -0.25) is 0 Å². The summed E-state index contributed by atoms with van der Waals surface area (Å²) in [5.74, 6) is 2.92. The number of ether oxygens (including phenoxy) is 2. The van der Waals surface area contributed by atoms with Gasteiger partial charge in [0.15, 0.2) is 0 Å². The predicted octanol–water partition coefficient (Wildman–Crippen LogP) is 4.93. The molecular formula is C25H33N3O2.